The summed E-state index contributed by atoms with van der Waals surface area (Å²) in [6, 6.07) is 5.43. The zero-order chi connectivity index (χ0) is 19.9. The zero-order valence-electron chi connectivity index (χ0n) is 17.4. The van der Waals surface area contributed by atoms with Gasteiger partial charge in [-0.2, -0.15) is 0 Å². The van der Waals surface area contributed by atoms with Gasteiger partial charge in [-0.3, -0.25) is 0 Å². The predicted molar refractivity (Wildman–Crippen MR) is 109 cm³/mol. The van der Waals surface area contributed by atoms with Crippen LogP contribution >= 0.6 is 0 Å². The number of rotatable bonds is 14. The molecule has 0 aliphatic heterocycles. The highest BCUT2D eigenvalue weighted by Gasteiger charge is 2.22. The van der Waals surface area contributed by atoms with Gasteiger partial charge in [0, 0.05) is 0 Å². The first kappa shape index (κ1) is 23.2. The molecule has 0 heterocycles. The van der Waals surface area contributed by atoms with E-state index < -0.39 is 11.9 Å². The van der Waals surface area contributed by atoms with Gasteiger partial charge in [0.05, 0.1) is 24.3 Å². The monoisotopic (exact) mass is 376 g/mol. The Morgan fingerprint density at radius 2 is 1.30 bits per heavy atom. The molecule has 0 aliphatic rings. The second-order valence-corrected chi connectivity index (χ2v) is 6.98. The van der Waals surface area contributed by atoms with Gasteiger partial charge in [0.25, 0.3) is 0 Å². The first-order chi connectivity index (χ1) is 13.2. The van der Waals surface area contributed by atoms with Crippen molar-refractivity contribution in [1.29, 1.82) is 0 Å². The Hall–Kier alpha value is -1.84. The number of carbonyl (C=O) groups excluding carboxylic acids is 2. The Bertz CT molecular complexity index is 565. The average Bonchev–Trinajstić information content (AvgIpc) is 2.68. The number of esters is 2. The molecule has 1 aromatic carbocycles. The van der Waals surface area contributed by atoms with Crippen molar-refractivity contribution in [3.05, 3.63) is 34.9 Å². The van der Waals surface area contributed by atoms with Crippen molar-refractivity contribution in [2.75, 3.05) is 13.2 Å². The molecule has 0 amide bonds. The minimum Gasteiger partial charge on any atom is -0.462 e. The molecule has 0 unspecified atom stereocenters. The quantitative estimate of drug-likeness (QED) is 0.290. The van der Waals surface area contributed by atoms with Gasteiger partial charge in [0.1, 0.15) is 0 Å². The Morgan fingerprint density at radius 1 is 0.741 bits per heavy atom. The second-order valence-electron chi connectivity index (χ2n) is 6.98. The summed E-state index contributed by atoms with van der Waals surface area (Å²) in [5, 5.41) is 0. The van der Waals surface area contributed by atoms with Crippen LogP contribution in [0.3, 0.4) is 0 Å². The van der Waals surface area contributed by atoms with Crippen LogP contribution in [0.2, 0.25) is 0 Å². The van der Waals surface area contributed by atoms with Crippen LogP contribution < -0.4 is 0 Å². The lowest BCUT2D eigenvalue weighted by Crippen LogP contribution is -2.17. The van der Waals surface area contributed by atoms with Crippen LogP contribution in [0.25, 0.3) is 0 Å². The molecular formula is C23H36O4. The zero-order valence-corrected chi connectivity index (χ0v) is 17.4. The van der Waals surface area contributed by atoms with Crippen molar-refractivity contribution in [2.45, 2.75) is 85.0 Å². The number of ether oxygens (including phenoxy) is 2. The van der Waals surface area contributed by atoms with E-state index in [0.29, 0.717) is 24.3 Å². The predicted octanol–water partition coefficient (Wildman–Crippen LogP) is 6.11. The molecule has 4 nitrogen and oxygen atoms in total. The maximum atomic E-state index is 12.7. The maximum Gasteiger partial charge on any atom is 0.339 e. The molecule has 4 heteroatoms. The molecule has 1 rings (SSSR count). The molecule has 0 aromatic heterocycles. The highest BCUT2D eigenvalue weighted by Crippen LogP contribution is 2.20. The normalized spacial score (nSPS) is 10.6. The molecule has 0 spiro atoms. The smallest absolute Gasteiger partial charge is 0.339 e. The van der Waals surface area contributed by atoms with Crippen LogP contribution in [-0.4, -0.2) is 25.2 Å². The number of hydrogen-bond acceptors (Lipinski definition) is 4. The summed E-state index contributed by atoms with van der Waals surface area (Å²) in [6.45, 7) is 7.14. The standard InChI is InChI=1S/C23H36O4/c1-4-7-10-14-19-15-13-16-20(22(24)26-17-11-8-5-2)21(19)23(25)27-18-12-9-6-3/h13,15-16H,4-12,14,17-18H2,1-3H3. The average molecular weight is 377 g/mol. The van der Waals surface area contributed by atoms with Crippen molar-refractivity contribution >= 4 is 11.9 Å². The summed E-state index contributed by atoms with van der Waals surface area (Å²) in [6.07, 6.45) is 9.83. The summed E-state index contributed by atoms with van der Waals surface area (Å²) in [7, 11) is 0. The molecule has 1 aromatic rings. The van der Waals surface area contributed by atoms with Crippen molar-refractivity contribution in [2.24, 2.45) is 0 Å². The number of hydrogen-bond donors (Lipinski definition) is 0. The SMILES string of the molecule is CCCCCOC(=O)c1cccc(CCCCC)c1C(=O)OCCCCC. The van der Waals surface area contributed by atoms with Crippen LogP contribution in [0.5, 0.6) is 0 Å². The molecule has 0 saturated carbocycles. The lowest BCUT2D eigenvalue weighted by Gasteiger charge is -2.14. The highest BCUT2D eigenvalue weighted by atomic mass is 16.5. The fourth-order valence-electron chi connectivity index (χ4n) is 2.97. The van der Waals surface area contributed by atoms with Gasteiger partial charge < -0.3 is 9.47 Å². The fraction of sp³-hybridized carbons (Fsp3) is 0.652. The van der Waals surface area contributed by atoms with Crippen molar-refractivity contribution in [1.82, 2.24) is 0 Å². The lowest BCUT2D eigenvalue weighted by atomic mass is 9.96. The molecule has 152 valence electrons. The van der Waals surface area contributed by atoms with Gasteiger partial charge in [-0.05, 0) is 37.3 Å². The van der Waals surface area contributed by atoms with E-state index in [1.165, 1.54) is 0 Å². The van der Waals surface area contributed by atoms with Gasteiger partial charge in [-0.15, -0.1) is 0 Å². The van der Waals surface area contributed by atoms with E-state index in [0.717, 1.165) is 69.8 Å². The van der Waals surface area contributed by atoms with Gasteiger partial charge in [0.2, 0.25) is 0 Å². The minimum absolute atomic E-state index is 0.334. The number of unbranched alkanes of at least 4 members (excludes halogenated alkanes) is 6. The van der Waals surface area contributed by atoms with Gasteiger partial charge in [0.15, 0.2) is 0 Å². The van der Waals surface area contributed by atoms with Crippen LogP contribution in [-0.2, 0) is 15.9 Å². The third-order valence-corrected chi connectivity index (χ3v) is 4.59. The lowest BCUT2D eigenvalue weighted by molar-refractivity contribution is 0.0449. The largest absolute Gasteiger partial charge is 0.462 e. The van der Waals surface area contributed by atoms with Gasteiger partial charge in [-0.1, -0.05) is 71.4 Å². The van der Waals surface area contributed by atoms with Crippen LogP contribution in [0, 0.1) is 0 Å². The Kier molecular flexibility index (Phi) is 12.2. The number of aryl methyl sites for hydroxylation is 1. The summed E-state index contributed by atoms with van der Waals surface area (Å²) < 4.78 is 10.9. The number of carbonyl (C=O) groups is 2. The van der Waals surface area contributed by atoms with E-state index in [2.05, 4.69) is 20.8 Å². The van der Waals surface area contributed by atoms with Crippen molar-refractivity contribution < 1.29 is 19.1 Å². The highest BCUT2D eigenvalue weighted by molar-refractivity contribution is 6.04. The van der Waals surface area contributed by atoms with E-state index in [1.54, 1.807) is 6.07 Å². The number of benzene rings is 1. The molecule has 27 heavy (non-hydrogen) atoms. The topological polar surface area (TPSA) is 52.6 Å². The molecule has 0 bridgehead atoms. The van der Waals surface area contributed by atoms with E-state index in [1.807, 2.05) is 12.1 Å². The maximum absolute atomic E-state index is 12.7. The first-order valence-corrected chi connectivity index (χ1v) is 10.6. The molecule has 0 saturated heterocycles. The Morgan fingerprint density at radius 3 is 1.89 bits per heavy atom. The van der Waals surface area contributed by atoms with E-state index in [9.17, 15) is 9.59 Å². The molecular weight excluding hydrogens is 340 g/mol. The van der Waals surface area contributed by atoms with Crippen LogP contribution in [0.1, 0.15) is 105 Å². The van der Waals surface area contributed by atoms with Gasteiger partial charge >= 0.3 is 11.9 Å². The first-order valence-electron chi connectivity index (χ1n) is 10.6. The Labute approximate surface area is 164 Å². The van der Waals surface area contributed by atoms with Crippen molar-refractivity contribution in [3.8, 4) is 0 Å². The molecule has 0 N–H and O–H groups in total. The Balaban J connectivity index is 2.93. The van der Waals surface area contributed by atoms with E-state index in [-0.39, 0.29) is 0 Å². The van der Waals surface area contributed by atoms with Crippen LogP contribution in [0.15, 0.2) is 18.2 Å². The van der Waals surface area contributed by atoms with Crippen LogP contribution in [0.4, 0.5) is 0 Å². The fourth-order valence-corrected chi connectivity index (χ4v) is 2.97. The summed E-state index contributed by atoms with van der Waals surface area (Å²) in [5.41, 5.74) is 1.61. The third-order valence-electron chi connectivity index (χ3n) is 4.59. The van der Waals surface area contributed by atoms with Crippen molar-refractivity contribution in [3.63, 3.8) is 0 Å². The summed E-state index contributed by atoms with van der Waals surface area (Å²) >= 11 is 0. The molecule has 0 fully saturated rings. The molecule has 0 atom stereocenters. The molecule has 0 radical (unpaired) electrons. The summed E-state index contributed by atoms with van der Waals surface area (Å²) in [4.78, 5) is 25.3. The summed E-state index contributed by atoms with van der Waals surface area (Å²) in [5.74, 6) is -0.831. The second kappa shape index (κ2) is 14.2. The minimum atomic E-state index is -0.427. The van der Waals surface area contributed by atoms with E-state index >= 15 is 0 Å². The third kappa shape index (κ3) is 8.59. The van der Waals surface area contributed by atoms with E-state index in [4.69, 9.17) is 9.47 Å². The van der Waals surface area contributed by atoms with Gasteiger partial charge in [-0.25, -0.2) is 9.59 Å². The molecule has 0 aliphatic carbocycles.